The van der Waals surface area contributed by atoms with E-state index in [1.54, 1.807) is 24.3 Å². The molecule has 1 aliphatic rings. The van der Waals surface area contributed by atoms with Crippen LogP contribution < -0.4 is 15.5 Å². The molecule has 1 fully saturated rings. The van der Waals surface area contributed by atoms with Gasteiger partial charge in [-0.25, -0.2) is 0 Å². The Hall–Kier alpha value is -3.06. The predicted octanol–water partition coefficient (Wildman–Crippen LogP) is 1.81. The van der Waals surface area contributed by atoms with Gasteiger partial charge in [-0.2, -0.15) is 0 Å². The lowest BCUT2D eigenvalue weighted by Gasteiger charge is -2.28. The second-order valence-electron chi connectivity index (χ2n) is 5.60. The molecule has 0 spiro atoms. The molecule has 7 heteroatoms. The third kappa shape index (κ3) is 4.48. The van der Waals surface area contributed by atoms with Crippen LogP contribution in [-0.4, -0.2) is 43.2 Å². The van der Waals surface area contributed by atoms with E-state index in [-0.39, 0.29) is 5.75 Å². The van der Waals surface area contributed by atoms with E-state index in [2.05, 4.69) is 15.5 Å². The van der Waals surface area contributed by atoms with Crippen LogP contribution in [0.5, 0.6) is 5.75 Å². The number of benzene rings is 2. The molecule has 0 atom stereocenters. The zero-order valence-corrected chi connectivity index (χ0v) is 13.6. The summed E-state index contributed by atoms with van der Waals surface area (Å²) in [5.41, 5.74) is 1.93. The smallest absolute Gasteiger partial charge is 0.314 e. The Labute approximate surface area is 145 Å². The molecule has 1 heterocycles. The number of nitrogens with zero attached hydrogens (tertiary/aromatic N) is 1. The van der Waals surface area contributed by atoms with Crippen LogP contribution in [0.3, 0.4) is 0 Å². The number of carbonyl (C=O) groups excluding carboxylic acids is 2. The Morgan fingerprint density at radius 3 is 2.20 bits per heavy atom. The standard InChI is InChI=1S/C18H19N3O4/c22-16-3-1-2-14(12-16)20-18(24)17(23)19-13-4-6-15(7-5-13)21-8-10-25-11-9-21/h1-7,12,22H,8-11H2,(H,19,23)(H,20,24). The lowest BCUT2D eigenvalue weighted by molar-refractivity contribution is -0.132. The number of ether oxygens (including phenoxy) is 1. The second-order valence-corrected chi connectivity index (χ2v) is 5.60. The van der Waals surface area contributed by atoms with Crippen molar-refractivity contribution in [2.45, 2.75) is 0 Å². The minimum Gasteiger partial charge on any atom is -0.508 e. The van der Waals surface area contributed by atoms with Gasteiger partial charge in [-0.1, -0.05) is 6.07 Å². The first-order valence-electron chi connectivity index (χ1n) is 7.96. The minimum absolute atomic E-state index is 0.0110. The zero-order chi connectivity index (χ0) is 17.6. The minimum atomic E-state index is -0.803. The van der Waals surface area contributed by atoms with Crippen LogP contribution in [0.15, 0.2) is 48.5 Å². The highest BCUT2D eigenvalue weighted by molar-refractivity contribution is 6.43. The highest BCUT2D eigenvalue weighted by Crippen LogP contribution is 2.19. The molecular formula is C18H19N3O4. The summed E-state index contributed by atoms with van der Waals surface area (Å²) in [4.78, 5) is 26.1. The maximum Gasteiger partial charge on any atom is 0.314 e. The first-order chi connectivity index (χ1) is 12.1. The molecule has 0 saturated carbocycles. The zero-order valence-electron chi connectivity index (χ0n) is 13.6. The van der Waals surface area contributed by atoms with Gasteiger partial charge in [-0.05, 0) is 36.4 Å². The molecule has 25 heavy (non-hydrogen) atoms. The summed E-state index contributed by atoms with van der Waals surface area (Å²) in [6, 6.07) is 13.3. The molecular weight excluding hydrogens is 322 g/mol. The molecule has 1 aliphatic heterocycles. The van der Waals surface area contributed by atoms with E-state index >= 15 is 0 Å². The van der Waals surface area contributed by atoms with Crippen molar-refractivity contribution in [1.82, 2.24) is 0 Å². The van der Waals surface area contributed by atoms with E-state index in [4.69, 9.17) is 4.74 Å². The number of phenols is 1. The van der Waals surface area contributed by atoms with Crippen molar-refractivity contribution >= 4 is 28.9 Å². The quantitative estimate of drug-likeness (QED) is 0.741. The van der Waals surface area contributed by atoms with Crippen molar-refractivity contribution in [3.8, 4) is 5.75 Å². The predicted molar refractivity (Wildman–Crippen MR) is 94.8 cm³/mol. The number of nitrogens with one attached hydrogen (secondary N) is 2. The molecule has 0 unspecified atom stereocenters. The van der Waals surface area contributed by atoms with Crippen LogP contribution in [0, 0.1) is 0 Å². The molecule has 0 radical (unpaired) electrons. The van der Waals surface area contributed by atoms with Crippen LogP contribution in [0.2, 0.25) is 0 Å². The van der Waals surface area contributed by atoms with Gasteiger partial charge in [0.05, 0.1) is 13.2 Å². The second kappa shape index (κ2) is 7.67. The number of aromatic hydroxyl groups is 1. The normalized spacial score (nSPS) is 14.0. The maximum absolute atomic E-state index is 12.0. The van der Waals surface area contributed by atoms with Gasteiger partial charge in [0.2, 0.25) is 0 Å². The molecule has 2 amide bonds. The van der Waals surface area contributed by atoms with E-state index in [1.165, 1.54) is 12.1 Å². The number of anilines is 3. The van der Waals surface area contributed by atoms with E-state index in [0.29, 0.717) is 24.6 Å². The fourth-order valence-electron chi connectivity index (χ4n) is 2.54. The number of amides is 2. The number of morpholine rings is 1. The van der Waals surface area contributed by atoms with Crippen LogP contribution in [0.4, 0.5) is 17.1 Å². The van der Waals surface area contributed by atoms with Crippen molar-refractivity contribution in [2.24, 2.45) is 0 Å². The lowest BCUT2D eigenvalue weighted by atomic mass is 10.2. The Morgan fingerprint density at radius 2 is 1.56 bits per heavy atom. The summed E-state index contributed by atoms with van der Waals surface area (Å²) in [6.45, 7) is 3.07. The lowest BCUT2D eigenvalue weighted by Crippen LogP contribution is -2.36. The third-order valence-electron chi connectivity index (χ3n) is 3.81. The van der Waals surface area contributed by atoms with Crippen molar-refractivity contribution in [3.63, 3.8) is 0 Å². The number of hydrogen-bond donors (Lipinski definition) is 3. The number of carbonyl (C=O) groups is 2. The highest BCUT2D eigenvalue weighted by atomic mass is 16.5. The summed E-state index contributed by atoms with van der Waals surface area (Å²) in [7, 11) is 0. The Bertz CT molecular complexity index is 755. The van der Waals surface area contributed by atoms with E-state index in [0.717, 1.165) is 18.8 Å². The Balaban J connectivity index is 1.57. The van der Waals surface area contributed by atoms with Crippen LogP contribution in [0.1, 0.15) is 0 Å². The number of rotatable bonds is 3. The SMILES string of the molecule is O=C(Nc1ccc(N2CCOCC2)cc1)C(=O)Nc1cccc(O)c1. The van der Waals surface area contributed by atoms with Gasteiger partial charge >= 0.3 is 11.8 Å². The van der Waals surface area contributed by atoms with Gasteiger partial charge in [0.15, 0.2) is 0 Å². The highest BCUT2D eigenvalue weighted by Gasteiger charge is 2.15. The van der Waals surface area contributed by atoms with Crippen molar-refractivity contribution < 1.29 is 19.4 Å². The van der Waals surface area contributed by atoms with E-state index in [9.17, 15) is 14.7 Å². The fourth-order valence-corrected chi connectivity index (χ4v) is 2.54. The van der Waals surface area contributed by atoms with Crippen molar-refractivity contribution in [3.05, 3.63) is 48.5 Å². The fraction of sp³-hybridized carbons (Fsp3) is 0.222. The third-order valence-corrected chi connectivity index (χ3v) is 3.81. The summed E-state index contributed by atoms with van der Waals surface area (Å²) in [5.74, 6) is -1.57. The molecule has 1 saturated heterocycles. The number of hydrogen-bond acceptors (Lipinski definition) is 5. The van der Waals surface area contributed by atoms with Crippen molar-refractivity contribution in [1.29, 1.82) is 0 Å². The molecule has 3 rings (SSSR count). The molecule has 0 aromatic heterocycles. The Morgan fingerprint density at radius 1 is 0.920 bits per heavy atom. The monoisotopic (exact) mass is 341 g/mol. The molecule has 0 bridgehead atoms. The number of phenolic OH excluding ortho intramolecular Hbond substituents is 1. The first kappa shape index (κ1) is 16.8. The summed E-state index contributed by atoms with van der Waals surface area (Å²) in [6.07, 6.45) is 0. The van der Waals surface area contributed by atoms with Crippen LogP contribution in [-0.2, 0) is 14.3 Å². The van der Waals surface area contributed by atoms with E-state index in [1.807, 2.05) is 12.1 Å². The average molecular weight is 341 g/mol. The van der Waals surface area contributed by atoms with Crippen molar-refractivity contribution in [2.75, 3.05) is 41.8 Å². The van der Waals surface area contributed by atoms with E-state index < -0.39 is 11.8 Å². The molecule has 2 aromatic carbocycles. The van der Waals surface area contributed by atoms with Gasteiger partial charge in [0.25, 0.3) is 0 Å². The molecule has 0 aliphatic carbocycles. The van der Waals surface area contributed by atoms with Gasteiger partial charge in [0, 0.05) is 36.2 Å². The van der Waals surface area contributed by atoms with Gasteiger partial charge in [-0.15, -0.1) is 0 Å². The molecule has 3 N–H and O–H groups in total. The summed E-state index contributed by atoms with van der Waals surface area (Å²) >= 11 is 0. The van der Waals surface area contributed by atoms with Gasteiger partial charge in [-0.3, -0.25) is 9.59 Å². The first-order valence-corrected chi connectivity index (χ1v) is 7.96. The topological polar surface area (TPSA) is 90.9 Å². The average Bonchev–Trinajstić information content (AvgIpc) is 2.63. The van der Waals surface area contributed by atoms with Gasteiger partial charge in [0.1, 0.15) is 5.75 Å². The van der Waals surface area contributed by atoms with Crippen LogP contribution in [0.25, 0.3) is 0 Å². The largest absolute Gasteiger partial charge is 0.508 e. The molecule has 130 valence electrons. The van der Waals surface area contributed by atoms with Gasteiger partial charge < -0.3 is 25.4 Å². The summed E-state index contributed by atoms with van der Waals surface area (Å²) < 4.78 is 5.32. The molecule has 7 nitrogen and oxygen atoms in total. The Kier molecular flexibility index (Phi) is 5.15. The molecule has 2 aromatic rings. The summed E-state index contributed by atoms with van der Waals surface area (Å²) in [5, 5.41) is 14.4. The maximum atomic E-state index is 12.0. The van der Waals surface area contributed by atoms with Crippen LogP contribution >= 0.6 is 0 Å².